The molecule has 0 spiro atoms. The fraction of sp³-hybridized carbons (Fsp3) is 0.0426. The van der Waals surface area contributed by atoms with Crippen molar-refractivity contribution >= 4 is 85.8 Å². The number of imidazole rings is 1. The number of hydrogen-bond acceptors (Lipinski definition) is 2. The number of aryl methyl sites for hydroxylation is 1. The van der Waals surface area contributed by atoms with Crippen LogP contribution in [0.4, 0.5) is 0 Å². The van der Waals surface area contributed by atoms with Gasteiger partial charge >= 0.3 is 0 Å². The van der Waals surface area contributed by atoms with Gasteiger partial charge in [-0.05, 0) is 90.8 Å². The van der Waals surface area contributed by atoms with E-state index in [9.17, 15) is 5.11 Å². The number of benzene rings is 8. The van der Waals surface area contributed by atoms with E-state index < -0.39 is 0 Å². The molecule has 7 heteroatoms. The van der Waals surface area contributed by atoms with Crippen LogP contribution in [0.25, 0.3) is 82.8 Å². The van der Waals surface area contributed by atoms with Crippen LogP contribution in [0.15, 0.2) is 146 Å². The zero-order valence-electron chi connectivity index (χ0n) is 31.4. The van der Waals surface area contributed by atoms with E-state index in [2.05, 4.69) is 175 Å². The molecule has 0 fully saturated rings. The monoisotopic (exact) mass is 690 g/mol. The zero-order valence-corrected chi connectivity index (χ0v) is 31.4. The first-order valence-corrected chi connectivity index (χ1v) is 18.8. The van der Waals surface area contributed by atoms with Crippen LogP contribution in [0.5, 0.6) is 5.75 Å². The first-order valence-electron chi connectivity index (χ1n) is 18.8. The van der Waals surface area contributed by atoms with Gasteiger partial charge in [0.1, 0.15) is 43.0 Å². The van der Waals surface area contributed by atoms with Crippen molar-refractivity contribution in [2.45, 2.75) is 13.3 Å². The van der Waals surface area contributed by atoms with Gasteiger partial charge in [0.05, 0.1) is 11.0 Å². The molecule has 0 radical (unpaired) electrons. The molecular formula is C47H38B4N2O. The molecule has 3 nitrogen and oxygen atoms in total. The molecule has 8 aromatic carbocycles. The molecule has 0 aliphatic carbocycles. The predicted molar refractivity (Wildman–Crippen MR) is 242 cm³/mol. The first kappa shape index (κ1) is 33.6. The highest BCUT2D eigenvalue weighted by molar-refractivity contribution is 6.64. The van der Waals surface area contributed by atoms with Crippen molar-refractivity contribution in [3.8, 4) is 55.9 Å². The zero-order chi connectivity index (χ0) is 37.1. The topological polar surface area (TPSA) is 38.0 Å². The Morgan fingerprint density at radius 3 is 1.69 bits per heavy atom. The Bertz CT molecular complexity index is 2870. The number of phenols is 1. The molecule has 0 aliphatic heterocycles. The summed E-state index contributed by atoms with van der Waals surface area (Å²) in [7, 11) is 8.40. The van der Waals surface area contributed by atoms with Gasteiger partial charge in [0.2, 0.25) is 0 Å². The van der Waals surface area contributed by atoms with E-state index in [0.29, 0.717) is 5.75 Å². The van der Waals surface area contributed by atoms with Crippen molar-refractivity contribution in [1.29, 1.82) is 0 Å². The van der Waals surface area contributed by atoms with E-state index >= 15 is 0 Å². The molecule has 0 atom stereocenters. The summed E-state index contributed by atoms with van der Waals surface area (Å²) in [5.41, 5.74) is 16.7. The van der Waals surface area contributed by atoms with E-state index in [0.717, 1.165) is 56.5 Å². The van der Waals surface area contributed by atoms with Crippen LogP contribution in [0, 0.1) is 0 Å². The van der Waals surface area contributed by atoms with Crippen LogP contribution in [-0.2, 0) is 6.42 Å². The lowest BCUT2D eigenvalue weighted by molar-refractivity contribution is 0.482. The Balaban J connectivity index is 1.20. The van der Waals surface area contributed by atoms with Crippen LogP contribution >= 0.6 is 0 Å². The van der Waals surface area contributed by atoms with Gasteiger partial charge in [-0.3, -0.25) is 4.57 Å². The van der Waals surface area contributed by atoms with E-state index in [-0.39, 0.29) is 0 Å². The number of nitrogens with zero attached hydrogens (tertiary/aromatic N) is 2. The maximum atomic E-state index is 11.5. The lowest BCUT2D eigenvalue weighted by Gasteiger charge is -2.21. The Kier molecular flexibility index (Phi) is 8.31. The SMILES string of the molecule is Bc1c(B)c(B)c(-c2ccc3c(-c4ccc(-c5ccc(-n6c(CC)nc7ccccc76)cc5)cc4)c4ccccc4c(-c4ccccc4)c3c2)c(O)c1B. The van der Waals surface area contributed by atoms with Crippen LogP contribution in [0.1, 0.15) is 12.7 Å². The summed E-state index contributed by atoms with van der Waals surface area (Å²) in [5.74, 6) is 1.43. The van der Waals surface area contributed by atoms with Crippen LogP contribution < -0.4 is 21.9 Å². The maximum absolute atomic E-state index is 11.5. The third-order valence-corrected chi connectivity index (χ3v) is 11.6. The van der Waals surface area contributed by atoms with Crippen molar-refractivity contribution in [2.75, 3.05) is 0 Å². The predicted octanol–water partition coefficient (Wildman–Crippen LogP) is 5.30. The van der Waals surface area contributed by atoms with Gasteiger partial charge in [-0.1, -0.05) is 139 Å². The van der Waals surface area contributed by atoms with Gasteiger partial charge in [0.25, 0.3) is 0 Å². The fourth-order valence-corrected chi connectivity index (χ4v) is 8.44. The molecule has 1 aromatic heterocycles. The minimum absolute atomic E-state index is 0.366. The Morgan fingerprint density at radius 1 is 0.481 bits per heavy atom. The Labute approximate surface area is 320 Å². The maximum Gasteiger partial charge on any atom is 0.143 e. The minimum Gasteiger partial charge on any atom is -0.508 e. The summed E-state index contributed by atoms with van der Waals surface area (Å²) < 4.78 is 2.27. The fourth-order valence-electron chi connectivity index (χ4n) is 8.44. The number of fused-ring (bicyclic) bond motifs is 3. The summed E-state index contributed by atoms with van der Waals surface area (Å²) in [6, 6.07) is 52.4. The first-order chi connectivity index (χ1) is 26.3. The largest absolute Gasteiger partial charge is 0.508 e. The van der Waals surface area contributed by atoms with Crippen LogP contribution in [0.3, 0.4) is 0 Å². The molecule has 9 aromatic rings. The standard InChI is InChI=1S/C47H38B4N2O/c1-2-39-52-37-14-8-9-15-38(37)53(39)32-23-20-28(21-24-32)27-16-18-30(19-17-27)40-33-12-6-7-13-34(33)41(29-10-4-3-5-11-29)36-26-31(22-25-35(36)40)42-43(48)44(49)45(50)46(51)47(42)54/h3-26,54H,2,48-51H2,1H3. The second kappa shape index (κ2) is 13.3. The molecule has 9 rings (SSSR count). The molecule has 54 heavy (non-hydrogen) atoms. The second-order valence-electron chi connectivity index (χ2n) is 14.5. The third kappa shape index (κ3) is 5.38. The molecule has 254 valence electrons. The van der Waals surface area contributed by atoms with Crippen molar-refractivity contribution in [1.82, 2.24) is 9.55 Å². The number of aromatic hydroxyl groups is 1. The van der Waals surface area contributed by atoms with E-state index in [4.69, 9.17) is 4.98 Å². The quantitative estimate of drug-likeness (QED) is 0.190. The van der Waals surface area contributed by atoms with Gasteiger partial charge < -0.3 is 5.11 Å². The van der Waals surface area contributed by atoms with Gasteiger partial charge in [-0.25, -0.2) is 4.98 Å². The van der Waals surface area contributed by atoms with Crippen molar-refractivity contribution in [3.63, 3.8) is 0 Å². The summed E-state index contributed by atoms with van der Waals surface area (Å²) in [4.78, 5) is 4.88. The average Bonchev–Trinajstić information content (AvgIpc) is 3.61. The second-order valence-corrected chi connectivity index (χ2v) is 14.5. The molecule has 1 heterocycles. The van der Waals surface area contributed by atoms with Crippen LogP contribution in [-0.4, -0.2) is 46.0 Å². The minimum atomic E-state index is 0.366. The van der Waals surface area contributed by atoms with Gasteiger partial charge in [-0.15, -0.1) is 5.46 Å². The smallest absolute Gasteiger partial charge is 0.143 e. The molecule has 0 bridgehead atoms. The van der Waals surface area contributed by atoms with Crippen molar-refractivity contribution in [3.05, 3.63) is 151 Å². The molecule has 0 saturated carbocycles. The van der Waals surface area contributed by atoms with Gasteiger partial charge in [0.15, 0.2) is 0 Å². The van der Waals surface area contributed by atoms with Gasteiger partial charge in [0, 0.05) is 17.7 Å². The van der Waals surface area contributed by atoms with E-state index in [1.165, 1.54) is 60.4 Å². The Hall–Kier alpha value is -6.19. The van der Waals surface area contributed by atoms with Gasteiger partial charge in [-0.2, -0.15) is 0 Å². The number of para-hydroxylation sites is 2. The lowest BCUT2D eigenvalue weighted by Crippen LogP contribution is -2.48. The summed E-state index contributed by atoms with van der Waals surface area (Å²) in [6.07, 6.45) is 0.863. The molecule has 0 aliphatic rings. The van der Waals surface area contributed by atoms with E-state index in [1.54, 1.807) is 0 Å². The highest BCUT2D eigenvalue weighted by Gasteiger charge is 2.20. The lowest BCUT2D eigenvalue weighted by atomic mass is 9.64. The number of hydrogen-bond donors (Lipinski definition) is 1. The Morgan fingerprint density at radius 2 is 1.00 bits per heavy atom. The van der Waals surface area contributed by atoms with Crippen LogP contribution in [0.2, 0.25) is 0 Å². The highest BCUT2D eigenvalue weighted by Crippen LogP contribution is 2.45. The van der Waals surface area contributed by atoms with Crippen molar-refractivity contribution in [2.24, 2.45) is 0 Å². The molecule has 0 saturated heterocycles. The van der Waals surface area contributed by atoms with Crippen molar-refractivity contribution < 1.29 is 5.11 Å². The van der Waals surface area contributed by atoms with E-state index in [1.807, 2.05) is 13.9 Å². The normalized spacial score (nSPS) is 11.5. The third-order valence-electron chi connectivity index (χ3n) is 11.6. The average molecular weight is 690 g/mol. The molecule has 0 unspecified atom stereocenters. The number of aromatic nitrogens is 2. The summed E-state index contributed by atoms with van der Waals surface area (Å²) >= 11 is 0. The summed E-state index contributed by atoms with van der Waals surface area (Å²) in [6.45, 7) is 2.16. The molecule has 1 N–H and O–H groups in total. The number of rotatable bonds is 6. The number of phenolic OH excluding ortho intramolecular Hbond substituents is 1. The molecule has 0 amide bonds. The molecular weight excluding hydrogens is 652 g/mol. The summed E-state index contributed by atoms with van der Waals surface area (Å²) in [5, 5.41) is 16.3. The highest BCUT2D eigenvalue weighted by atomic mass is 16.3.